The zero-order valence-corrected chi connectivity index (χ0v) is 10.2. The molecule has 1 aliphatic rings. The predicted octanol–water partition coefficient (Wildman–Crippen LogP) is 3.42. The zero-order chi connectivity index (χ0) is 11.7. The van der Waals surface area contributed by atoms with Crippen LogP contribution in [0.2, 0.25) is 10.0 Å². The Morgan fingerprint density at radius 1 is 1.25 bits per heavy atom. The molecule has 1 aliphatic carbocycles. The van der Waals surface area contributed by atoms with E-state index in [1.807, 2.05) is 0 Å². The number of rotatable bonds is 2. The highest BCUT2D eigenvalue weighted by Crippen LogP contribution is 2.29. The Morgan fingerprint density at radius 2 is 1.88 bits per heavy atom. The van der Waals surface area contributed by atoms with Crippen LogP contribution in [-0.2, 0) is 0 Å². The van der Waals surface area contributed by atoms with Crippen LogP contribution in [-0.4, -0.2) is 12.1 Å². The second kappa shape index (κ2) is 4.78. The summed E-state index contributed by atoms with van der Waals surface area (Å²) in [6, 6.07) is 3.68. The first kappa shape index (κ1) is 12.0. The number of hydrogen-bond donors (Lipinski definition) is 2. The molecule has 3 N–H and O–H groups in total. The minimum absolute atomic E-state index is 0.0392. The molecule has 0 amide bonds. The van der Waals surface area contributed by atoms with Gasteiger partial charge < -0.3 is 11.1 Å². The van der Waals surface area contributed by atoms with Gasteiger partial charge in [-0.2, -0.15) is 0 Å². The van der Waals surface area contributed by atoms with Crippen molar-refractivity contribution < 1.29 is 4.39 Å². The summed E-state index contributed by atoms with van der Waals surface area (Å²) in [5, 5.41) is 3.34. The van der Waals surface area contributed by atoms with Crippen LogP contribution in [0.15, 0.2) is 12.1 Å². The first-order valence-electron chi connectivity index (χ1n) is 5.23. The van der Waals surface area contributed by atoms with Gasteiger partial charge in [0.2, 0.25) is 0 Å². The van der Waals surface area contributed by atoms with Gasteiger partial charge in [-0.25, -0.2) is 4.39 Å². The lowest BCUT2D eigenvalue weighted by atomic mass is 10.2. The van der Waals surface area contributed by atoms with Crippen molar-refractivity contribution in [3.63, 3.8) is 0 Å². The van der Waals surface area contributed by atoms with Crippen molar-refractivity contribution in [2.45, 2.75) is 31.3 Å². The molecule has 5 heteroatoms. The minimum Gasteiger partial charge on any atom is -0.382 e. The van der Waals surface area contributed by atoms with E-state index >= 15 is 0 Å². The molecule has 0 saturated heterocycles. The standard InChI is InChI=1S/C11H13Cl2FN2/c12-9-4-8(5-10(13)11(9)14)16-7-2-1-6(15)3-7/h4-7,16H,1-3,15H2. The molecule has 1 saturated carbocycles. The van der Waals surface area contributed by atoms with Crippen LogP contribution in [0.25, 0.3) is 0 Å². The number of halogens is 3. The summed E-state index contributed by atoms with van der Waals surface area (Å²) >= 11 is 11.4. The minimum atomic E-state index is -0.572. The smallest absolute Gasteiger partial charge is 0.160 e. The molecule has 0 bridgehead atoms. The van der Waals surface area contributed by atoms with Crippen LogP contribution in [0.1, 0.15) is 19.3 Å². The average Bonchev–Trinajstić information content (AvgIpc) is 2.60. The van der Waals surface area contributed by atoms with Crippen molar-refractivity contribution in [1.82, 2.24) is 0 Å². The number of anilines is 1. The third-order valence-electron chi connectivity index (χ3n) is 2.83. The van der Waals surface area contributed by atoms with Crippen molar-refractivity contribution in [1.29, 1.82) is 0 Å². The van der Waals surface area contributed by atoms with Crippen molar-refractivity contribution in [3.8, 4) is 0 Å². The SMILES string of the molecule is NC1CCC(Nc2cc(Cl)c(F)c(Cl)c2)C1. The van der Waals surface area contributed by atoms with Gasteiger partial charge in [-0.15, -0.1) is 0 Å². The van der Waals surface area contributed by atoms with E-state index in [0.717, 1.165) is 24.9 Å². The van der Waals surface area contributed by atoms with Crippen LogP contribution in [0, 0.1) is 5.82 Å². The molecule has 16 heavy (non-hydrogen) atoms. The van der Waals surface area contributed by atoms with Gasteiger partial charge in [0.25, 0.3) is 0 Å². The van der Waals surface area contributed by atoms with Gasteiger partial charge in [-0.1, -0.05) is 23.2 Å². The molecule has 88 valence electrons. The van der Waals surface area contributed by atoms with E-state index in [-0.39, 0.29) is 16.1 Å². The maximum Gasteiger partial charge on any atom is 0.160 e. The van der Waals surface area contributed by atoms with Gasteiger partial charge in [0.15, 0.2) is 5.82 Å². The maximum atomic E-state index is 13.2. The van der Waals surface area contributed by atoms with Gasteiger partial charge in [0, 0.05) is 17.8 Å². The summed E-state index contributed by atoms with van der Waals surface area (Å²) in [6.07, 6.45) is 2.96. The number of nitrogens with one attached hydrogen (secondary N) is 1. The molecule has 2 nitrogen and oxygen atoms in total. The molecule has 1 aromatic rings. The maximum absolute atomic E-state index is 13.2. The Kier molecular flexibility index (Phi) is 3.57. The summed E-state index contributed by atoms with van der Waals surface area (Å²) in [7, 11) is 0. The molecule has 1 aromatic carbocycles. The normalized spacial score (nSPS) is 24.8. The summed E-state index contributed by atoms with van der Waals surface area (Å²) in [5.74, 6) is -0.572. The lowest BCUT2D eigenvalue weighted by Gasteiger charge is -2.14. The van der Waals surface area contributed by atoms with E-state index in [9.17, 15) is 4.39 Å². The quantitative estimate of drug-likeness (QED) is 0.802. The van der Waals surface area contributed by atoms with Crippen LogP contribution in [0.5, 0.6) is 0 Å². The Morgan fingerprint density at radius 3 is 2.38 bits per heavy atom. The zero-order valence-electron chi connectivity index (χ0n) is 8.64. The molecule has 2 atom stereocenters. The van der Waals surface area contributed by atoms with Crippen LogP contribution < -0.4 is 11.1 Å². The molecular weight excluding hydrogens is 250 g/mol. The molecular formula is C11H13Cl2FN2. The Hall–Kier alpha value is -0.510. The molecule has 1 fully saturated rings. The topological polar surface area (TPSA) is 38.0 Å². The molecule has 0 aliphatic heterocycles. The van der Waals surface area contributed by atoms with Gasteiger partial charge in [0.1, 0.15) is 0 Å². The monoisotopic (exact) mass is 262 g/mol. The van der Waals surface area contributed by atoms with Gasteiger partial charge in [-0.3, -0.25) is 0 Å². The Balaban J connectivity index is 2.10. The fourth-order valence-corrected chi connectivity index (χ4v) is 2.51. The van der Waals surface area contributed by atoms with E-state index in [1.54, 1.807) is 12.1 Å². The largest absolute Gasteiger partial charge is 0.382 e. The fraction of sp³-hybridized carbons (Fsp3) is 0.455. The van der Waals surface area contributed by atoms with E-state index in [0.29, 0.717) is 6.04 Å². The summed E-state index contributed by atoms with van der Waals surface area (Å²) in [5.41, 5.74) is 6.56. The number of benzene rings is 1. The van der Waals surface area contributed by atoms with Gasteiger partial charge >= 0.3 is 0 Å². The van der Waals surface area contributed by atoms with Crippen LogP contribution in [0.4, 0.5) is 10.1 Å². The summed E-state index contributed by atoms with van der Waals surface area (Å²) in [4.78, 5) is 0. The summed E-state index contributed by atoms with van der Waals surface area (Å²) < 4.78 is 13.2. The lowest BCUT2D eigenvalue weighted by molar-refractivity contribution is 0.628. The Labute approximate surface area is 104 Å². The molecule has 2 unspecified atom stereocenters. The third kappa shape index (κ3) is 2.59. The molecule has 0 heterocycles. The predicted molar refractivity (Wildman–Crippen MR) is 65.7 cm³/mol. The highest BCUT2D eigenvalue weighted by molar-refractivity contribution is 6.35. The average molecular weight is 263 g/mol. The lowest BCUT2D eigenvalue weighted by Crippen LogP contribution is -2.20. The van der Waals surface area contributed by atoms with Crippen molar-refractivity contribution in [2.24, 2.45) is 5.73 Å². The second-order valence-electron chi connectivity index (χ2n) is 4.17. The third-order valence-corrected chi connectivity index (χ3v) is 3.38. The number of nitrogens with two attached hydrogens (primary N) is 1. The molecule has 0 radical (unpaired) electrons. The highest BCUT2D eigenvalue weighted by atomic mass is 35.5. The Bertz CT molecular complexity index is 375. The number of hydrogen-bond acceptors (Lipinski definition) is 2. The first-order valence-corrected chi connectivity index (χ1v) is 5.98. The summed E-state index contributed by atoms with van der Waals surface area (Å²) in [6.45, 7) is 0. The molecule has 2 rings (SSSR count). The van der Waals surface area contributed by atoms with Gasteiger partial charge in [-0.05, 0) is 31.4 Å². The van der Waals surface area contributed by atoms with Crippen molar-refractivity contribution in [2.75, 3.05) is 5.32 Å². The molecule has 0 aromatic heterocycles. The van der Waals surface area contributed by atoms with Crippen molar-refractivity contribution >= 4 is 28.9 Å². The fourth-order valence-electron chi connectivity index (χ4n) is 2.02. The highest BCUT2D eigenvalue weighted by Gasteiger charge is 2.21. The van der Waals surface area contributed by atoms with Gasteiger partial charge in [0.05, 0.1) is 10.0 Å². The van der Waals surface area contributed by atoms with Crippen LogP contribution in [0.3, 0.4) is 0 Å². The van der Waals surface area contributed by atoms with E-state index < -0.39 is 5.82 Å². The second-order valence-corrected chi connectivity index (χ2v) is 4.98. The van der Waals surface area contributed by atoms with E-state index in [4.69, 9.17) is 28.9 Å². The van der Waals surface area contributed by atoms with Crippen molar-refractivity contribution in [3.05, 3.63) is 28.0 Å². The van der Waals surface area contributed by atoms with E-state index in [1.165, 1.54) is 0 Å². The van der Waals surface area contributed by atoms with Crippen LogP contribution >= 0.6 is 23.2 Å². The van der Waals surface area contributed by atoms with E-state index in [2.05, 4.69) is 5.32 Å². The molecule has 0 spiro atoms. The first-order chi connectivity index (χ1) is 7.56.